The molecule has 1 aromatic heterocycles. The van der Waals surface area contributed by atoms with Crippen molar-refractivity contribution in [1.82, 2.24) is 10.2 Å². The highest BCUT2D eigenvalue weighted by molar-refractivity contribution is 7.93. The molecule has 1 aliphatic rings. The predicted molar refractivity (Wildman–Crippen MR) is 64.4 cm³/mol. The zero-order valence-corrected chi connectivity index (χ0v) is 10.0. The number of hydrogen-bond acceptors (Lipinski definition) is 4. The Bertz CT molecular complexity index is 515. The van der Waals surface area contributed by atoms with Crippen molar-refractivity contribution in [1.29, 1.82) is 5.41 Å². The van der Waals surface area contributed by atoms with Crippen LogP contribution in [-0.2, 0) is 10.0 Å². The lowest BCUT2D eigenvalue weighted by atomic mass is 10.3. The number of nitrogens with zero attached hydrogens (tertiary/aromatic N) is 1. The smallest absolute Gasteiger partial charge is 0.236 e. The lowest BCUT2D eigenvalue weighted by Crippen LogP contribution is -2.26. The molecule has 1 fully saturated rings. The first-order valence-corrected chi connectivity index (χ1v) is 6.95. The van der Waals surface area contributed by atoms with Gasteiger partial charge in [-0.15, -0.1) is 0 Å². The third kappa shape index (κ3) is 2.41. The first-order valence-electron chi connectivity index (χ1n) is 5.40. The van der Waals surface area contributed by atoms with Crippen LogP contribution in [0.25, 0.3) is 0 Å². The molecule has 0 aliphatic heterocycles. The maximum Gasteiger partial charge on any atom is 0.236 e. The van der Waals surface area contributed by atoms with Gasteiger partial charge < -0.3 is 5.73 Å². The summed E-state index contributed by atoms with van der Waals surface area (Å²) in [5, 5.41) is 13.1. The third-order valence-electron chi connectivity index (χ3n) is 2.91. The first-order chi connectivity index (χ1) is 8.00. The molecule has 1 heterocycles. The molecule has 0 radical (unpaired) electrons. The molecule has 17 heavy (non-hydrogen) atoms. The van der Waals surface area contributed by atoms with Gasteiger partial charge in [0, 0.05) is 0 Å². The Kier molecular flexibility index (Phi) is 3.05. The van der Waals surface area contributed by atoms with E-state index in [0.717, 1.165) is 12.8 Å². The number of sulfonamides is 1. The molecule has 0 aromatic carbocycles. The number of anilines is 1. The molecule has 7 nitrogen and oxygen atoms in total. The van der Waals surface area contributed by atoms with Gasteiger partial charge in [0.1, 0.15) is 11.7 Å². The topological polar surface area (TPSA) is 125 Å². The quantitative estimate of drug-likeness (QED) is 0.459. The molecule has 8 heteroatoms. The summed E-state index contributed by atoms with van der Waals surface area (Å²) in [7, 11) is -3.41. The van der Waals surface area contributed by atoms with E-state index in [1.165, 1.54) is 6.20 Å². The van der Waals surface area contributed by atoms with Gasteiger partial charge in [0.25, 0.3) is 0 Å². The van der Waals surface area contributed by atoms with Gasteiger partial charge in [-0.3, -0.25) is 15.2 Å². The average molecular weight is 257 g/mol. The largest absolute Gasteiger partial charge is 0.384 e. The lowest BCUT2D eigenvalue weighted by molar-refractivity contribution is 0.585. The minimum Gasteiger partial charge on any atom is -0.384 e. The van der Waals surface area contributed by atoms with Crippen LogP contribution in [0.1, 0.15) is 31.2 Å². The SMILES string of the molecule is N=C(N)c1cn[nH]c1NS(=O)(=O)C1CCCC1. The van der Waals surface area contributed by atoms with Crippen molar-refractivity contribution in [3.8, 4) is 0 Å². The van der Waals surface area contributed by atoms with Gasteiger partial charge >= 0.3 is 0 Å². The fourth-order valence-electron chi connectivity index (χ4n) is 1.99. The van der Waals surface area contributed by atoms with E-state index in [1.54, 1.807) is 0 Å². The van der Waals surface area contributed by atoms with E-state index in [9.17, 15) is 8.42 Å². The minimum atomic E-state index is -3.41. The molecule has 1 aromatic rings. The second-order valence-corrected chi connectivity index (χ2v) is 6.09. The van der Waals surface area contributed by atoms with E-state index in [2.05, 4.69) is 14.9 Å². The third-order valence-corrected chi connectivity index (χ3v) is 4.75. The normalized spacial score (nSPS) is 17.2. The number of hydrogen-bond donors (Lipinski definition) is 4. The summed E-state index contributed by atoms with van der Waals surface area (Å²) in [6.07, 6.45) is 4.56. The second-order valence-electron chi connectivity index (χ2n) is 4.13. The Balaban J connectivity index is 2.20. The van der Waals surface area contributed by atoms with Crippen LogP contribution in [0.3, 0.4) is 0 Å². The van der Waals surface area contributed by atoms with Crippen LogP contribution in [0.5, 0.6) is 0 Å². The van der Waals surface area contributed by atoms with Gasteiger partial charge in [0.15, 0.2) is 0 Å². The number of H-pyrrole nitrogens is 1. The molecule has 0 amide bonds. The Morgan fingerprint density at radius 3 is 2.76 bits per heavy atom. The first kappa shape index (κ1) is 11.9. The van der Waals surface area contributed by atoms with Crippen LogP contribution in [0.2, 0.25) is 0 Å². The second kappa shape index (κ2) is 4.36. The number of rotatable bonds is 4. The van der Waals surface area contributed by atoms with Crippen LogP contribution in [0.4, 0.5) is 5.82 Å². The molecule has 5 N–H and O–H groups in total. The molecule has 0 bridgehead atoms. The van der Waals surface area contributed by atoms with Gasteiger partial charge in [-0.2, -0.15) is 5.10 Å². The van der Waals surface area contributed by atoms with Crippen LogP contribution in [0, 0.1) is 5.41 Å². The van der Waals surface area contributed by atoms with E-state index in [4.69, 9.17) is 11.1 Å². The zero-order chi connectivity index (χ0) is 12.5. The Labute approximate surface area is 99.3 Å². The van der Waals surface area contributed by atoms with E-state index >= 15 is 0 Å². The molecule has 0 unspecified atom stereocenters. The number of nitrogens with one attached hydrogen (secondary N) is 3. The fraction of sp³-hybridized carbons (Fsp3) is 0.556. The molecule has 2 rings (SSSR count). The van der Waals surface area contributed by atoms with Crippen molar-refractivity contribution in [3.63, 3.8) is 0 Å². The number of aromatic nitrogens is 2. The molecule has 0 spiro atoms. The molecule has 1 aliphatic carbocycles. The standard InChI is InChI=1S/C9H15N5O2S/c10-8(11)7-5-12-13-9(7)14-17(15,16)6-3-1-2-4-6/h5-6H,1-4H2,(H3,10,11)(H2,12,13,14). The van der Waals surface area contributed by atoms with Crippen molar-refractivity contribution in [2.75, 3.05) is 4.72 Å². The van der Waals surface area contributed by atoms with Crippen LogP contribution < -0.4 is 10.5 Å². The highest BCUT2D eigenvalue weighted by Crippen LogP contribution is 2.26. The minimum absolute atomic E-state index is 0.171. The van der Waals surface area contributed by atoms with Crippen molar-refractivity contribution in [2.24, 2.45) is 5.73 Å². The van der Waals surface area contributed by atoms with Crippen LogP contribution in [-0.4, -0.2) is 29.7 Å². The monoisotopic (exact) mass is 257 g/mol. The van der Waals surface area contributed by atoms with Crippen molar-refractivity contribution < 1.29 is 8.42 Å². The van der Waals surface area contributed by atoms with Crippen LogP contribution >= 0.6 is 0 Å². The van der Waals surface area contributed by atoms with E-state index in [-0.39, 0.29) is 22.5 Å². The van der Waals surface area contributed by atoms with Crippen molar-refractivity contribution in [3.05, 3.63) is 11.8 Å². The summed E-state index contributed by atoms with van der Waals surface area (Å²) < 4.78 is 26.4. The van der Waals surface area contributed by atoms with Gasteiger partial charge in [-0.25, -0.2) is 8.42 Å². The Hall–Kier alpha value is -1.57. The van der Waals surface area contributed by atoms with Gasteiger partial charge in [0.2, 0.25) is 10.0 Å². The molecular weight excluding hydrogens is 242 g/mol. The van der Waals surface area contributed by atoms with E-state index < -0.39 is 10.0 Å². The zero-order valence-electron chi connectivity index (χ0n) is 9.23. The van der Waals surface area contributed by atoms with Gasteiger partial charge in [0.05, 0.1) is 17.0 Å². The molecular formula is C9H15N5O2S. The highest BCUT2D eigenvalue weighted by atomic mass is 32.2. The van der Waals surface area contributed by atoms with E-state index in [0.29, 0.717) is 12.8 Å². The lowest BCUT2D eigenvalue weighted by Gasteiger charge is -2.12. The fourth-order valence-corrected chi connectivity index (χ4v) is 3.55. The van der Waals surface area contributed by atoms with Crippen molar-refractivity contribution >= 4 is 21.7 Å². The average Bonchev–Trinajstić information content (AvgIpc) is 2.85. The Morgan fingerprint density at radius 1 is 1.53 bits per heavy atom. The van der Waals surface area contributed by atoms with E-state index in [1.807, 2.05) is 0 Å². The number of nitrogens with two attached hydrogens (primary N) is 1. The van der Waals surface area contributed by atoms with Crippen LogP contribution in [0.15, 0.2) is 6.20 Å². The maximum absolute atomic E-state index is 12.0. The number of nitrogen functional groups attached to an aromatic ring is 1. The van der Waals surface area contributed by atoms with Gasteiger partial charge in [-0.05, 0) is 12.8 Å². The highest BCUT2D eigenvalue weighted by Gasteiger charge is 2.29. The predicted octanol–water partition coefficient (Wildman–Crippen LogP) is 0.378. The number of amidine groups is 1. The van der Waals surface area contributed by atoms with Crippen molar-refractivity contribution in [2.45, 2.75) is 30.9 Å². The maximum atomic E-state index is 12.0. The molecule has 0 atom stereocenters. The summed E-state index contributed by atoms with van der Waals surface area (Å²) in [5.41, 5.74) is 5.59. The summed E-state index contributed by atoms with van der Waals surface area (Å²) in [4.78, 5) is 0. The summed E-state index contributed by atoms with van der Waals surface area (Å²) in [6.45, 7) is 0. The Morgan fingerprint density at radius 2 is 2.18 bits per heavy atom. The molecule has 1 saturated carbocycles. The summed E-state index contributed by atoms with van der Waals surface area (Å²) in [5.74, 6) is -0.0488. The number of aromatic amines is 1. The molecule has 94 valence electrons. The molecule has 0 saturated heterocycles. The summed E-state index contributed by atoms with van der Waals surface area (Å²) in [6, 6.07) is 0. The summed E-state index contributed by atoms with van der Waals surface area (Å²) >= 11 is 0. The van der Waals surface area contributed by atoms with Gasteiger partial charge in [-0.1, -0.05) is 12.8 Å².